The van der Waals surface area contributed by atoms with Crippen LogP contribution in [0.5, 0.6) is 0 Å². The Hall–Kier alpha value is -0.450. The first-order chi connectivity index (χ1) is 7.84. The molecular weight excluding hydrogens is 220 g/mol. The molecule has 1 saturated heterocycles. The van der Waals surface area contributed by atoms with E-state index in [-0.39, 0.29) is 0 Å². The number of nitrogens with zero attached hydrogens (tertiary/aromatic N) is 1. The fourth-order valence-corrected chi connectivity index (χ4v) is 2.62. The zero-order valence-electron chi connectivity index (χ0n) is 9.87. The Morgan fingerprint density at radius 1 is 1.56 bits per heavy atom. The first kappa shape index (κ1) is 12.0. The molecule has 90 valence electrons. The summed E-state index contributed by atoms with van der Waals surface area (Å²) in [5.41, 5.74) is 1.16. The molecule has 1 aromatic rings. The third-order valence-electron chi connectivity index (χ3n) is 2.89. The highest BCUT2D eigenvalue weighted by atomic mass is 32.1. The molecule has 2 rings (SSSR count). The Labute approximate surface area is 101 Å². The van der Waals surface area contributed by atoms with Crippen molar-refractivity contribution in [1.29, 1.82) is 0 Å². The molecular formula is C12H20N2OS. The summed E-state index contributed by atoms with van der Waals surface area (Å²) in [4.78, 5) is 4.42. The highest BCUT2D eigenvalue weighted by molar-refractivity contribution is 7.09. The molecule has 1 aliphatic heterocycles. The zero-order chi connectivity index (χ0) is 11.2. The molecule has 0 spiro atoms. The van der Waals surface area contributed by atoms with Crippen molar-refractivity contribution in [2.45, 2.75) is 45.3 Å². The zero-order valence-corrected chi connectivity index (χ0v) is 10.7. The van der Waals surface area contributed by atoms with Crippen LogP contribution in [0.2, 0.25) is 0 Å². The molecule has 0 aliphatic carbocycles. The minimum absolute atomic E-state index is 0.485. The van der Waals surface area contributed by atoms with E-state index in [1.54, 1.807) is 11.3 Å². The van der Waals surface area contributed by atoms with Crippen molar-refractivity contribution in [3.05, 3.63) is 16.1 Å². The largest absolute Gasteiger partial charge is 0.378 e. The maximum atomic E-state index is 5.68. The predicted molar refractivity (Wildman–Crippen MR) is 66.8 cm³/mol. The third-order valence-corrected chi connectivity index (χ3v) is 3.71. The summed E-state index contributed by atoms with van der Waals surface area (Å²) < 4.78 is 5.68. The summed E-state index contributed by atoms with van der Waals surface area (Å²) in [5.74, 6) is 0. The van der Waals surface area contributed by atoms with E-state index < -0.39 is 0 Å². The predicted octanol–water partition coefficient (Wildman–Crippen LogP) is 2.50. The van der Waals surface area contributed by atoms with E-state index in [0.29, 0.717) is 6.10 Å². The maximum absolute atomic E-state index is 5.68. The molecule has 3 nitrogen and oxygen atoms in total. The average molecular weight is 240 g/mol. The van der Waals surface area contributed by atoms with Gasteiger partial charge in [0.05, 0.1) is 16.8 Å². The summed E-state index contributed by atoms with van der Waals surface area (Å²) in [6.07, 6.45) is 5.41. The van der Waals surface area contributed by atoms with Gasteiger partial charge in [0, 0.05) is 18.5 Å². The monoisotopic (exact) mass is 240 g/mol. The summed E-state index contributed by atoms with van der Waals surface area (Å²) in [6, 6.07) is 0. The molecule has 1 fully saturated rings. The fraction of sp³-hybridized carbons (Fsp3) is 0.750. The van der Waals surface area contributed by atoms with Gasteiger partial charge in [-0.1, -0.05) is 0 Å². The molecule has 0 amide bonds. The van der Waals surface area contributed by atoms with Gasteiger partial charge in [0.15, 0.2) is 0 Å². The lowest BCUT2D eigenvalue weighted by molar-refractivity contribution is 0.0115. The van der Waals surface area contributed by atoms with Crippen molar-refractivity contribution in [1.82, 2.24) is 10.3 Å². The van der Waals surface area contributed by atoms with Crippen LogP contribution in [0.25, 0.3) is 0 Å². The molecule has 0 bridgehead atoms. The van der Waals surface area contributed by atoms with Gasteiger partial charge in [-0.15, -0.1) is 11.3 Å². The number of thiazole rings is 1. The Morgan fingerprint density at radius 2 is 2.50 bits per heavy atom. The number of nitrogens with one attached hydrogen (secondary N) is 1. The quantitative estimate of drug-likeness (QED) is 0.803. The van der Waals surface area contributed by atoms with Crippen molar-refractivity contribution >= 4 is 11.3 Å². The van der Waals surface area contributed by atoms with Gasteiger partial charge in [-0.3, -0.25) is 0 Å². The van der Waals surface area contributed by atoms with E-state index in [2.05, 4.69) is 15.7 Å². The number of hydrogen-bond acceptors (Lipinski definition) is 4. The van der Waals surface area contributed by atoms with Crippen molar-refractivity contribution in [3.8, 4) is 0 Å². The maximum Gasteiger partial charge on any atom is 0.0897 e. The van der Waals surface area contributed by atoms with Crippen LogP contribution in [0, 0.1) is 6.92 Å². The second-order valence-electron chi connectivity index (χ2n) is 4.31. The molecule has 16 heavy (non-hydrogen) atoms. The molecule has 4 heteroatoms. The van der Waals surface area contributed by atoms with Gasteiger partial charge in [0.2, 0.25) is 0 Å². The number of aromatic nitrogens is 1. The third kappa shape index (κ3) is 3.85. The number of rotatable bonds is 5. The topological polar surface area (TPSA) is 34.2 Å². The lowest BCUT2D eigenvalue weighted by Gasteiger charge is -2.22. The van der Waals surface area contributed by atoms with Crippen molar-refractivity contribution in [3.63, 3.8) is 0 Å². The van der Waals surface area contributed by atoms with Gasteiger partial charge in [-0.2, -0.15) is 0 Å². The summed E-state index contributed by atoms with van der Waals surface area (Å²) in [6.45, 7) is 4.91. The van der Waals surface area contributed by atoms with Crippen LogP contribution in [0.3, 0.4) is 0 Å². The van der Waals surface area contributed by atoms with Crippen LogP contribution in [-0.4, -0.2) is 24.2 Å². The van der Waals surface area contributed by atoms with Gasteiger partial charge in [-0.05, 0) is 39.2 Å². The van der Waals surface area contributed by atoms with Crippen LogP contribution in [0.15, 0.2) is 5.38 Å². The lowest BCUT2D eigenvalue weighted by atomic mass is 10.1. The molecule has 1 N–H and O–H groups in total. The molecule has 0 aromatic carbocycles. The minimum atomic E-state index is 0.485. The highest BCUT2D eigenvalue weighted by Gasteiger charge is 2.12. The van der Waals surface area contributed by atoms with E-state index in [1.807, 2.05) is 6.92 Å². The second kappa shape index (κ2) is 6.33. The molecule has 2 heterocycles. The van der Waals surface area contributed by atoms with Gasteiger partial charge >= 0.3 is 0 Å². The normalized spacial score (nSPS) is 21.2. The molecule has 1 atom stereocenters. The standard InChI is InChI=1S/C12H20N2OS/c1-10-14-11(9-16-10)8-13-6-5-12-4-2-3-7-15-12/h9,12-13H,2-8H2,1H3. The first-order valence-corrected chi connectivity index (χ1v) is 6.96. The van der Waals surface area contributed by atoms with Gasteiger partial charge in [-0.25, -0.2) is 4.98 Å². The highest BCUT2D eigenvalue weighted by Crippen LogP contribution is 2.15. The SMILES string of the molecule is Cc1nc(CNCCC2CCCCO2)cs1. The Kier molecular flexibility index (Phi) is 4.75. The van der Waals surface area contributed by atoms with Crippen molar-refractivity contribution in [2.75, 3.05) is 13.2 Å². The number of ether oxygens (including phenoxy) is 1. The average Bonchev–Trinajstić information content (AvgIpc) is 2.72. The van der Waals surface area contributed by atoms with E-state index in [9.17, 15) is 0 Å². The molecule has 1 aliphatic rings. The summed E-state index contributed by atoms with van der Waals surface area (Å²) in [5, 5.41) is 6.70. The van der Waals surface area contributed by atoms with Crippen LogP contribution < -0.4 is 5.32 Å². The van der Waals surface area contributed by atoms with Crippen molar-refractivity contribution in [2.24, 2.45) is 0 Å². The molecule has 1 unspecified atom stereocenters. The van der Waals surface area contributed by atoms with Gasteiger partial charge in [0.25, 0.3) is 0 Å². The summed E-state index contributed by atoms with van der Waals surface area (Å²) >= 11 is 1.71. The Morgan fingerprint density at radius 3 is 3.19 bits per heavy atom. The van der Waals surface area contributed by atoms with Gasteiger partial charge in [0.1, 0.15) is 0 Å². The second-order valence-corrected chi connectivity index (χ2v) is 5.37. The van der Waals surface area contributed by atoms with Gasteiger partial charge < -0.3 is 10.1 Å². The number of aryl methyl sites for hydroxylation is 1. The van der Waals surface area contributed by atoms with E-state index in [4.69, 9.17) is 4.74 Å². The van der Waals surface area contributed by atoms with E-state index in [0.717, 1.165) is 36.8 Å². The Balaban J connectivity index is 1.57. The summed E-state index contributed by atoms with van der Waals surface area (Å²) in [7, 11) is 0. The van der Waals surface area contributed by atoms with Crippen LogP contribution in [-0.2, 0) is 11.3 Å². The van der Waals surface area contributed by atoms with E-state index in [1.165, 1.54) is 19.3 Å². The van der Waals surface area contributed by atoms with Crippen LogP contribution in [0.1, 0.15) is 36.4 Å². The first-order valence-electron chi connectivity index (χ1n) is 6.08. The van der Waals surface area contributed by atoms with Crippen LogP contribution in [0.4, 0.5) is 0 Å². The fourth-order valence-electron chi connectivity index (χ4n) is 2.00. The smallest absolute Gasteiger partial charge is 0.0897 e. The number of hydrogen-bond donors (Lipinski definition) is 1. The van der Waals surface area contributed by atoms with E-state index >= 15 is 0 Å². The van der Waals surface area contributed by atoms with Crippen molar-refractivity contribution < 1.29 is 4.74 Å². The lowest BCUT2D eigenvalue weighted by Crippen LogP contribution is -2.25. The molecule has 0 radical (unpaired) electrons. The minimum Gasteiger partial charge on any atom is -0.378 e. The van der Waals surface area contributed by atoms with Crippen LogP contribution >= 0.6 is 11.3 Å². The Bertz CT molecular complexity index is 308. The molecule has 0 saturated carbocycles. The molecule has 1 aromatic heterocycles.